The molecule has 1 aromatic carbocycles. The Morgan fingerprint density at radius 1 is 1.31 bits per heavy atom. The van der Waals surface area contributed by atoms with Crippen LogP contribution in [-0.4, -0.2) is 32.6 Å². The van der Waals surface area contributed by atoms with Crippen molar-refractivity contribution < 1.29 is 18.9 Å². The van der Waals surface area contributed by atoms with Crippen LogP contribution < -0.4 is 4.74 Å². The number of rotatable bonds is 8. The highest BCUT2D eigenvalue weighted by atomic mass is 35.5. The second kappa shape index (κ2) is 8.78. The number of nitro groups is 1. The highest BCUT2D eigenvalue weighted by Crippen LogP contribution is 2.21. The molecule has 0 aliphatic carbocycles. The SMILES string of the molecule is CCn1ncc(Cl)c1CN(C)C(=O)c1ccc(COc2ccc([N+](=O)[O-])cc2)o1. The number of ether oxygens (including phenoxy) is 1. The summed E-state index contributed by atoms with van der Waals surface area (Å²) in [5, 5.41) is 15.3. The van der Waals surface area contributed by atoms with Crippen LogP contribution in [0.5, 0.6) is 5.75 Å². The molecule has 9 nitrogen and oxygen atoms in total. The zero-order chi connectivity index (χ0) is 21.0. The summed E-state index contributed by atoms with van der Waals surface area (Å²) >= 11 is 6.15. The van der Waals surface area contributed by atoms with E-state index < -0.39 is 4.92 Å². The van der Waals surface area contributed by atoms with Crippen LogP contribution in [0, 0.1) is 10.1 Å². The molecule has 3 rings (SSSR count). The number of carbonyl (C=O) groups is 1. The minimum Gasteiger partial charge on any atom is -0.486 e. The molecule has 0 unspecified atom stereocenters. The molecule has 3 aromatic rings. The molecular formula is C19H19ClN4O5. The molecule has 0 radical (unpaired) electrons. The molecule has 2 heterocycles. The average molecular weight is 419 g/mol. The van der Waals surface area contributed by atoms with Crippen molar-refractivity contribution in [3.05, 3.63) is 74.9 Å². The maximum atomic E-state index is 12.6. The highest BCUT2D eigenvalue weighted by molar-refractivity contribution is 6.31. The monoisotopic (exact) mass is 418 g/mol. The van der Waals surface area contributed by atoms with E-state index >= 15 is 0 Å². The maximum Gasteiger partial charge on any atom is 0.289 e. The summed E-state index contributed by atoms with van der Waals surface area (Å²) in [6.45, 7) is 2.97. The van der Waals surface area contributed by atoms with E-state index in [1.54, 1.807) is 30.1 Å². The molecule has 0 saturated carbocycles. The number of hydrogen-bond acceptors (Lipinski definition) is 6. The fourth-order valence-electron chi connectivity index (χ4n) is 2.69. The van der Waals surface area contributed by atoms with Crippen molar-refractivity contribution in [2.75, 3.05) is 7.05 Å². The zero-order valence-electron chi connectivity index (χ0n) is 15.9. The third kappa shape index (κ3) is 4.75. The summed E-state index contributed by atoms with van der Waals surface area (Å²) in [4.78, 5) is 24.3. The van der Waals surface area contributed by atoms with Crippen molar-refractivity contribution in [2.45, 2.75) is 26.6 Å². The fraction of sp³-hybridized carbons (Fsp3) is 0.263. The first-order chi connectivity index (χ1) is 13.9. The predicted octanol–water partition coefficient (Wildman–Crippen LogP) is 3.91. The van der Waals surface area contributed by atoms with Crippen LogP contribution in [0.25, 0.3) is 0 Å². The second-order valence-corrected chi connectivity index (χ2v) is 6.63. The molecule has 0 aliphatic heterocycles. The van der Waals surface area contributed by atoms with Gasteiger partial charge in [0.1, 0.15) is 18.1 Å². The molecule has 0 spiro atoms. The first-order valence-corrected chi connectivity index (χ1v) is 9.18. The molecule has 29 heavy (non-hydrogen) atoms. The minimum atomic E-state index is -0.481. The number of furan rings is 1. The van der Waals surface area contributed by atoms with E-state index in [0.29, 0.717) is 29.6 Å². The molecule has 0 atom stereocenters. The van der Waals surface area contributed by atoms with E-state index in [-0.39, 0.29) is 24.0 Å². The van der Waals surface area contributed by atoms with Crippen LogP contribution in [0.2, 0.25) is 5.02 Å². The number of aromatic nitrogens is 2. The Labute approximate surface area is 171 Å². The van der Waals surface area contributed by atoms with E-state index in [2.05, 4.69) is 5.10 Å². The van der Waals surface area contributed by atoms with E-state index in [0.717, 1.165) is 5.69 Å². The Morgan fingerprint density at radius 2 is 2.03 bits per heavy atom. The van der Waals surface area contributed by atoms with Gasteiger partial charge < -0.3 is 14.1 Å². The summed E-state index contributed by atoms with van der Waals surface area (Å²) in [7, 11) is 1.65. The average Bonchev–Trinajstić information content (AvgIpc) is 3.33. The molecule has 0 fully saturated rings. The van der Waals surface area contributed by atoms with Crippen LogP contribution in [0.4, 0.5) is 5.69 Å². The summed E-state index contributed by atoms with van der Waals surface area (Å²) in [5.74, 6) is 0.788. The first-order valence-electron chi connectivity index (χ1n) is 8.80. The predicted molar refractivity (Wildman–Crippen MR) is 105 cm³/mol. The molecule has 0 saturated heterocycles. The van der Waals surface area contributed by atoms with Gasteiger partial charge in [-0.3, -0.25) is 19.6 Å². The standard InChI is InChI=1S/C19H19ClN4O5/c1-3-23-17(16(20)10-21-23)11-22(2)19(25)18-9-8-15(29-18)12-28-14-6-4-13(5-7-14)24(26)27/h4-10H,3,11-12H2,1-2H3. The van der Waals surface area contributed by atoms with E-state index in [1.807, 2.05) is 6.92 Å². The Hall–Kier alpha value is -3.33. The van der Waals surface area contributed by atoms with Crippen molar-refractivity contribution in [1.82, 2.24) is 14.7 Å². The van der Waals surface area contributed by atoms with Gasteiger partial charge in [0.2, 0.25) is 0 Å². The molecule has 1 amide bonds. The molecule has 0 bridgehead atoms. The van der Waals surface area contributed by atoms with Gasteiger partial charge in [0.05, 0.1) is 28.4 Å². The number of nitro benzene ring substituents is 1. The molecule has 10 heteroatoms. The number of carbonyl (C=O) groups excluding carboxylic acids is 1. The van der Waals surface area contributed by atoms with Gasteiger partial charge in [0.25, 0.3) is 11.6 Å². The van der Waals surface area contributed by atoms with Crippen molar-refractivity contribution in [3.8, 4) is 5.75 Å². The van der Waals surface area contributed by atoms with Crippen LogP contribution in [-0.2, 0) is 19.7 Å². The van der Waals surface area contributed by atoms with Gasteiger partial charge in [-0.15, -0.1) is 0 Å². The Kier molecular flexibility index (Phi) is 6.18. The minimum absolute atomic E-state index is 0.0178. The molecule has 152 valence electrons. The van der Waals surface area contributed by atoms with Crippen molar-refractivity contribution in [3.63, 3.8) is 0 Å². The molecule has 0 aliphatic rings. The lowest BCUT2D eigenvalue weighted by atomic mass is 10.3. The zero-order valence-corrected chi connectivity index (χ0v) is 16.6. The Balaban J connectivity index is 1.60. The lowest BCUT2D eigenvalue weighted by Crippen LogP contribution is -2.27. The normalized spacial score (nSPS) is 10.7. The lowest BCUT2D eigenvalue weighted by molar-refractivity contribution is -0.384. The van der Waals surface area contributed by atoms with Gasteiger partial charge in [0, 0.05) is 25.7 Å². The Morgan fingerprint density at radius 3 is 2.69 bits per heavy atom. The van der Waals surface area contributed by atoms with Crippen LogP contribution in [0.3, 0.4) is 0 Å². The third-order valence-electron chi connectivity index (χ3n) is 4.23. The quantitative estimate of drug-likeness (QED) is 0.405. The fourth-order valence-corrected chi connectivity index (χ4v) is 2.89. The van der Waals surface area contributed by atoms with E-state index in [9.17, 15) is 14.9 Å². The van der Waals surface area contributed by atoms with Gasteiger partial charge in [-0.2, -0.15) is 5.10 Å². The second-order valence-electron chi connectivity index (χ2n) is 6.22. The van der Waals surface area contributed by atoms with Gasteiger partial charge >= 0.3 is 0 Å². The van der Waals surface area contributed by atoms with Crippen molar-refractivity contribution in [1.29, 1.82) is 0 Å². The van der Waals surface area contributed by atoms with Gasteiger partial charge in [-0.1, -0.05) is 11.6 Å². The summed E-state index contributed by atoms with van der Waals surface area (Å²) in [5.41, 5.74) is 0.731. The van der Waals surface area contributed by atoms with E-state index in [1.165, 1.54) is 29.2 Å². The van der Waals surface area contributed by atoms with Crippen LogP contribution >= 0.6 is 11.6 Å². The van der Waals surface area contributed by atoms with Crippen LogP contribution in [0.1, 0.15) is 28.9 Å². The van der Waals surface area contributed by atoms with Gasteiger partial charge in [-0.25, -0.2) is 0 Å². The highest BCUT2D eigenvalue weighted by Gasteiger charge is 2.19. The number of aryl methyl sites for hydroxylation is 1. The van der Waals surface area contributed by atoms with E-state index in [4.69, 9.17) is 20.8 Å². The smallest absolute Gasteiger partial charge is 0.289 e. The van der Waals surface area contributed by atoms with Gasteiger partial charge in [-0.05, 0) is 31.2 Å². The van der Waals surface area contributed by atoms with Crippen molar-refractivity contribution in [2.24, 2.45) is 0 Å². The van der Waals surface area contributed by atoms with Crippen LogP contribution in [0.15, 0.2) is 47.0 Å². The summed E-state index contributed by atoms with van der Waals surface area (Å²) < 4.78 is 12.9. The number of halogens is 1. The summed E-state index contributed by atoms with van der Waals surface area (Å²) in [6.07, 6.45) is 1.55. The molecular weight excluding hydrogens is 400 g/mol. The number of hydrogen-bond donors (Lipinski definition) is 0. The number of nitrogens with zero attached hydrogens (tertiary/aromatic N) is 4. The third-order valence-corrected chi connectivity index (χ3v) is 4.55. The first kappa shape index (κ1) is 20.4. The molecule has 2 aromatic heterocycles. The Bertz CT molecular complexity index is 1010. The topological polar surface area (TPSA) is 104 Å². The number of amides is 1. The maximum absolute atomic E-state index is 12.6. The summed E-state index contributed by atoms with van der Waals surface area (Å²) in [6, 6.07) is 8.94. The van der Waals surface area contributed by atoms with Crippen molar-refractivity contribution >= 4 is 23.2 Å². The lowest BCUT2D eigenvalue weighted by Gasteiger charge is -2.16. The molecule has 0 N–H and O–H groups in total. The number of non-ortho nitro benzene ring substituents is 1. The van der Waals surface area contributed by atoms with Gasteiger partial charge in [0.15, 0.2) is 5.76 Å². The number of benzene rings is 1. The largest absolute Gasteiger partial charge is 0.486 e.